The fourth-order valence-electron chi connectivity index (χ4n) is 2.36. The maximum absolute atomic E-state index is 12.6. The van der Waals surface area contributed by atoms with Gasteiger partial charge < -0.3 is 15.0 Å². The number of sulfonamides is 1. The van der Waals surface area contributed by atoms with E-state index in [9.17, 15) is 13.2 Å². The summed E-state index contributed by atoms with van der Waals surface area (Å²) in [5.41, 5.74) is 0. The number of piperazine rings is 1. The van der Waals surface area contributed by atoms with Gasteiger partial charge in [-0.15, -0.1) is 0 Å². The molecule has 0 atom stereocenters. The third-order valence-electron chi connectivity index (χ3n) is 3.65. The highest BCUT2D eigenvalue weighted by Crippen LogP contribution is 2.20. The van der Waals surface area contributed by atoms with Crippen molar-refractivity contribution in [3.63, 3.8) is 0 Å². The molecule has 8 heteroatoms. The first-order chi connectivity index (χ1) is 10.9. The first-order valence-electron chi connectivity index (χ1n) is 7.63. The zero-order valence-electron chi connectivity index (χ0n) is 13.5. The number of hydrogen-bond acceptors (Lipinski definition) is 5. The topological polar surface area (TPSA) is 79.0 Å². The van der Waals surface area contributed by atoms with E-state index in [-0.39, 0.29) is 17.3 Å². The van der Waals surface area contributed by atoms with Crippen LogP contribution < -0.4 is 10.1 Å². The summed E-state index contributed by atoms with van der Waals surface area (Å²) in [6, 6.07) is 6.31. The number of nitrogens with zero attached hydrogens (tertiary/aromatic N) is 2. The van der Waals surface area contributed by atoms with E-state index >= 15 is 0 Å². The average Bonchev–Trinajstić information content (AvgIpc) is 2.56. The number of nitrogens with one attached hydrogen (secondary N) is 1. The molecule has 1 aromatic carbocycles. The van der Waals surface area contributed by atoms with Crippen LogP contribution in [-0.4, -0.2) is 69.9 Å². The Kier molecular flexibility index (Phi) is 5.97. The van der Waals surface area contributed by atoms with Crippen molar-refractivity contribution in [2.24, 2.45) is 0 Å². The van der Waals surface area contributed by atoms with Crippen molar-refractivity contribution in [1.29, 1.82) is 0 Å². The molecular weight excluding hydrogens is 318 g/mol. The second-order valence-electron chi connectivity index (χ2n) is 5.30. The Bertz CT molecular complexity index is 642. The van der Waals surface area contributed by atoms with Crippen molar-refractivity contribution >= 4 is 15.9 Å². The van der Waals surface area contributed by atoms with Crippen LogP contribution in [0.15, 0.2) is 29.2 Å². The molecule has 1 heterocycles. The summed E-state index contributed by atoms with van der Waals surface area (Å²) in [7, 11) is -2.30. The van der Waals surface area contributed by atoms with Crippen LogP contribution >= 0.6 is 0 Å². The van der Waals surface area contributed by atoms with Crippen LogP contribution in [0.5, 0.6) is 5.75 Å². The summed E-state index contributed by atoms with van der Waals surface area (Å²) in [5.74, 6) is 0.314. The lowest BCUT2D eigenvalue weighted by Gasteiger charge is -2.29. The molecule has 7 nitrogen and oxygen atoms in total. The lowest BCUT2D eigenvalue weighted by atomic mass is 10.3. The monoisotopic (exact) mass is 341 g/mol. The smallest absolute Gasteiger partial charge is 0.243 e. The molecule has 0 saturated carbocycles. The Hall–Kier alpha value is -1.64. The molecule has 0 unspecified atom stereocenters. The summed E-state index contributed by atoms with van der Waals surface area (Å²) < 4.78 is 31.6. The lowest BCUT2D eigenvalue weighted by Crippen LogP contribution is -2.49. The number of amides is 1. The molecule has 0 bridgehead atoms. The molecule has 1 saturated heterocycles. The molecule has 1 aliphatic rings. The highest BCUT2D eigenvalue weighted by Gasteiger charge is 2.26. The van der Waals surface area contributed by atoms with Gasteiger partial charge in [0.05, 0.1) is 18.0 Å². The number of hydrogen-bond donors (Lipinski definition) is 1. The van der Waals surface area contributed by atoms with Crippen LogP contribution in [-0.2, 0) is 14.8 Å². The molecule has 23 heavy (non-hydrogen) atoms. The van der Waals surface area contributed by atoms with E-state index in [0.29, 0.717) is 25.4 Å². The number of carbonyl (C=O) groups is 1. The van der Waals surface area contributed by atoms with Crippen LogP contribution in [0.25, 0.3) is 0 Å². The van der Waals surface area contributed by atoms with Gasteiger partial charge in [-0.3, -0.25) is 4.79 Å². The van der Waals surface area contributed by atoms with E-state index in [4.69, 9.17) is 4.74 Å². The molecule has 1 amide bonds. The van der Waals surface area contributed by atoms with Gasteiger partial charge in [0.15, 0.2) is 0 Å². The summed E-state index contributed by atoms with van der Waals surface area (Å²) in [4.78, 5) is 14.0. The van der Waals surface area contributed by atoms with Gasteiger partial charge in [0.1, 0.15) is 5.75 Å². The van der Waals surface area contributed by atoms with Crippen molar-refractivity contribution in [1.82, 2.24) is 14.5 Å². The zero-order valence-corrected chi connectivity index (χ0v) is 14.3. The molecule has 1 fully saturated rings. The molecule has 2 rings (SSSR count). The van der Waals surface area contributed by atoms with E-state index in [1.165, 1.54) is 19.2 Å². The van der Waals surface area contributed by atoms with Gasteiger partial charge in [-0.2, -0.15) is 4.31 Å². The first kappa shape index (κ1) is 17.7. The Balaban J connectivity index is 2.08. The lowest BCUT2D eigenvalue weighted by molar-refractivity contribution is -0.131. The van der Waals surface area contributed by atoms with Gasteiger partial charge in [-0.1, -0.05) is 6.07 Å². The second-order valence-corrected chi connectivity index (χ2v) is 7.34. The predicted octanol–water partition coefficient (Wildman–Crippen LogP) is 0.138. The van der Waals surface area contributed by atoms with Crippen molar-refractivity contribution < 1.29 is 17.9 Å². The molecule has 0 spiro atoms. The molecule has 0 radical (unpaired) electrons. The van der Waals surface area contributed by atoms with Gasteiger partial charge in [-0.05, 0) is 19.1 Å². The van der Waals surface area contributed by atoms with Crippen LogP contribution in [0, 0.1) is 0 Å². The Labute approximate surface area is 137 Å². The third-order valence-corrected chi connectivity index (χ3v) is 5.45. The molecule has 0 aromatic heterocycles. The second kappa shape index (κ2) is 7.76. The highest BCUT2D eigenvalue weighted by atomic mass is 32.2. The van der Waals surface area contributed by atoms with Crippen molar-refractivity contribution in [3.8, 4) is 5.75 Å². The average molecular weight is 341 g/mol. The number of rotatable bonds is 6. The Morgan fingerprint density at radius 1 is 1.35 bits per heavy atom. The molecular formula is C15H23N3O4S. The van der Waals surface area contributed by atoms with Gasteiger partial charge >= 0.3 is 0 Å². The van der Waals surface area contributed by atoms with Crippen molar-refractivity contribution in [2.45, 2.75) is 11.8 Å². The summed E-state index contributed by atoms with van der Waals surface area (Å²) in [6.45, 7) is 4.80. The number of ether oxygens (including phenoxy) is 1. The quantitative estimate of drug-likeness (QED) is 0.796. The van der Waals surface area contributed by atoms with Gasteiger partial charge in [0.2, 0.25) is 15.9 Å². The predicted molar refractivity (Wildman–Crippen MR) is 86.9 cm³/mol. The van der Waals surface area contributed by atoms with Gasteiger partial charge in [-0.25, -0.2) is 8.42 Å². The van der Waals surface area contributed by atoms with E-state index in [1.54, 1.807) is 17.0 Å². The van der Waals surface area contributed by atoms with Crippen molar-refractivity contribution in [3.05, 3.63) is 24.3 Å². The molecule has 128 valence electrons. The third kappa shape index (κ3) is 4.43. The van der Waals surface area contributed by atoms with E-state index in [2.05, 4.69) is 5.32 Å². The minimum absolute atomic E-state index is 0.124. The number of benzene rings is 1. The van der Waals surface area contributed by atoms with E-state index in [1.807, 2.05) is 6.92 Å². The van der Waals surface area contributed by atoms with Gasteiger partial charge in [0, 0.05) is 39.3 Å². The molecule has 0 aliphatic carbocycles. The minimum atomic E-state index is -3.72. The summed E-state index contributed by atoms with van der Waals surface area (Å²) in [6.07, 6.45) is 0. The number of carbonyl (C=O) groups excluding carboxylic acids is 1. The van der Waals surface area contributed by atoms with Gasteiger partial charge in [0.25, 0.3) is 0 Å². The maximum Gasteiger partial charge on any atom is 0.243 e. The Morgan fingerprint density at radius 2 is 2.04 bits per heavy atom. The molecule has 1 aromatic rings. The highest BCUT2D eigenvalue weighted by molar-refractivity contribution is 7.89. The van der Waals surface area contributed by atoms with Crippen LogP contribution in [0.2, 0.25) is 0 Å². The summed E-state index contributed by atoms with van der Waals surface area (Å²) in [5, 5.41) is 3.16. The first-order valence-corrected chi connectivity index (χ1v) is 9.07. The largest absolute Gasteiger partial charge is 0.494 e. The van der Waals surface area contributed by atoms with Crippen LogP contribution in [0.3, 0.4) is 0 Å². The van der Waals surface area contributed by atoms with E-state index < -0.39 is 10.0 Å². The number of likely N-dealkylation sites (N-methyl/N-ethyl adjacent to an activating group) is 1. The van der Waals surface area contributed by atoms with Crippen molar-refractivity contribution in [2.75, 3.05) is 46.4 Å². The van der Waals surface area contributed by atoms with Crippen LogP contribution in [0.1, 0.15) is 6.92 Å². The SMILES string of the molecule is CCOc1cccc(S(=O)(=O)N(C)CC(=O)N2CCNCC2)c1. The maximum atomic E-state index is 12.6. The van der Waals surface area contributed by atoms with E-state index in [0.717, 1.165) is 17.4 Å². The molecule has 1 N–H and O–H groups in total. The molecule has 1 aliphatic heterocycles. The fourth-order valence-corrected chi connectivity index (χ4v) is 3.52. The normalized spacial score (nSPS) is 15.7. The van der Waals surface area contributed by atoms with Crippen LogP contribution in [0.4, 0.5) is 0 Å². The Morgan fingerprint density at radius 3 is 2.70 bits per heavy atom. The fraction of sp³-hybridized carbons (Fsp3) is 0.533. The minimum Gasteiger partial charge on any atom is -0.494 e. The standard InChI is InChI=1S/C15H23N3O4S/c1-3-22-13-5-4-6-14(11-13)23(20,21)17(2)12-15(19)18-9-7-16-8-10-18/h4-6,11,16H,3,7-10,12H2,1-2H3. The summed E-state index contributed by atoms with van der Waals surface area (Å²) >= 11 is 0. The zero-order chi connectivity index (χ0) is 16.9.